The van der Waals surface area contributed by atoms with Crippen molar-refractivity contribution in [3.8, 4) is 17.6 Å². The SMILES string of the molecule is C(#Cc1nc2c(N[C@@H]3CCNC3)ncnc2[nH]1)COc1ccccc1. The third-order valence-corrected chi connectivity index (χ3v) is 3.94. The molecule has 4 rings (SSSR count). The van der Waals surface area contributed by atoms with Crippen molar-refractivity contribution in [3.05, 3.63) is 42.5 Å². The summed E-state index contributed by atoms with van der Waals surface area (Å²) in [5, 5.41) is 6.74. The van der Waals surface area contributed by atoms with Gasteiger partial charge in [-0.15, -0.1) is 0 Å². The lowest BCUT2D eigenvalue weighted by atomic mass is 10.2. The number of fused-ring (bicyclic) bond motifs is 1. The summed E-state index contributed by atoms with van der Waals surface area (Å²) in [4.78, 5) is 16.2. The number of hydrogen-bond donors (Lipinski definition) is 3. The summed E-state index contributed by atoms with van der Waals surface area (Å²) in [5.74, 6) is 8.02. The van der Waals surface area contributed by atoms with Crippen molar-refractivity contribution in [1.82, 2.24) is 25.3 Å². The zero-order chi connectivity index (χ0) is 16.9. The number of anilines is 1. The van der Waals surface area contributed by atoms with E-state index in [1.54, 1.807) is 0 Å². The van der Waals surface area contributed by atoms with Gasteiger partial charge in [0.05, 0.1) is 0 Å². The van der Waals surface area contributed by atoms with Gasteiger partial charge in [0.25, 0.3) is 0 Å². The molecular formula is C18H18N6O. The Kier molecular flexibility index (Phi) is 4.44. The van der Waals surface area contributed by atoms with Gasteiger partial charge in [0.2, 0.25) is 0 Å². The molecule has 2 aromatic heterocycles. The van der Waals surface area contributed by atoms with Crippen LogP contribution in [0.1, 0.15) is 12.2 Å². The van der Waals surface area contributed by atoms with E-state index in [-0.39, 0.29) is 0 Å². The van der Waals surface area contributed by atoms with E-state index in [9.17, 15) is 0 Å². The Bertz CT molecular complexity index is 905. The molecule has 126 valence electrons. The first-order valence-electron chi connectivity index (χ1n) is 8.23. The molecule has 0 amide bonds. The summed E-state index contributed by atoms with van der Waals surface area (Å²) in [6, 6.07) is 9.96. The molecule has 25 heavy (non-hydrogen) atoms. The lowest BCUT2D eigenvalue weighted by molar-refractivity contribution is 0.370. The summed E-state index contributed by atoms with van der Waals surface area (Å²) in [5.41, 5.74) is 1.39. The van der Waals surface area contributed by atoms with Crippen LogP contribution in [0.2, 0.25) is 0 Å². The molecule has 3 heterocycles. The highest BCUT2D eigenvalue weighted by Crippen LogP contribution is 2.18. The smallest absolute Gasteiger partial charge is 0.185 e. The second-order valence-electron chi connectivity index (χ2n) is 5.74. The monoisotopic (exact) mass is 334 g/mol. The Morgan fingerprint density at radius 2 is 2.16 bits per heavy atom. The van der Waals surface area contributed by atoms with Crippen LogP contribution >= 0.6 is 0 Å². The minimum Gasteiger partial charge on any atom is -0.481 e. The molecule has 0 bridgehead atoms. The molecule has 1 fully saturated rings. The lowest BCUT2D eigenvalue weighted by Gasteiger charge is -2.11. The van der Waals surface area contributed by atoms with Crippen LogP contribution in [0.3, 0.4) is 0 Å². The Balaban J connectivity index is 1.46. The molecule has 0 spiro atoms. The van der Waals surface area contributed by atoms with Crippen LogP contribution in [-0.2, 0) is 0 Å². The van der Waals surface area contributed by atoms with Crippen LogP contribution < -0.4 is 15.4 Å². The molecule has 0 aliphatic carbocycles. The van der Waals surface area contributed by atoms with E-state index < -0.39 is 0 Å². The van der Waals surface area contributed by atoms with Gasteiger partial charge in [-0.05, 0) is 31.0 Å². The standard InChI is InChI=1S/C18H18N6O/c1-2-5-14(6-3-1)25-10-4-7-15-23-16-17(20-12-21-18(16)24-15)22-13-8-9-19-11-13/h1-3,5-6,12-13,19H,8-11H2,(H2,20,21,22,23,24)/t13-/m1/s1. The summed E-state index contributed by atoms with van der Waals surface area (Å²) in [7, 11) is 0. The van der Waals surface area contributed by atoms with Gasteiger partial charge < -0.3 is 20.4 Å². The number of rotatable bonds is 4. The fourth-order valence-electron chi connectivity index (χ4n) is 2.72. The van der Waals surface area contributed by atoms with Gasteiger partial charge in [-0.1, -0.05) is 24.1 Å². The largest absolute Gasteiger partial charge is 0.481 e. The second kappa shape index (κ2) is 7.20. The van der Waals surface area contributed by atoms with E-state index in [0.29, 0.717) is 29.6 Å². The molecule has 1 atom stereocenters. The van der Waals surface area contributed by atoms with Crippen LogP contribution in [0.4, 0.5) is 5.82 Å². The number of nitrogens with one attached hydrogen (secondary N) is 3. The third-order valence-electron chi connectivity index (χ3n) is 3.94. The summed E-state index contributed by atoms with van der Waals surface area (Å²) in [6.07, 6.45) is 2.60. The fraction of sp³-hybridized carbons (Fsp3) is 0.278. The summed E-state index contributed by atoms with van der Waals surface area (Å²) >= 11 is 0. The zero-order valence-corrected chi connectivity index (χ0v) is 13.6. The van der Waals surface area contributed by atoms with Gasteiger partial charge in [-0.3, -0.25) is 0 Å². The van der Waals surface area contributed by atoms with Crippen molar-refractivity contribution in [1.29, 1.82) is 0 Å². The number of benzene rings is 1. The average Bonchev–Trinajstić information content (AvgIpc) is 3.29. The first kappa shape index (κ1) is 15.4. The predicted molar refractivity (Wildman–Crippen MR) is 95.4 cm³/mol. The number of para-hydroxylation sites is 1. The fourth-order valence-corrected chi connectivity index (χ4v) is 2.72. The minimum absolute atomic E-state index is 0.297. The maximum absolute atomic E-state index is 5.55. The van der Waals surface area contributed by atoms with E-state index in [0.717, 1.165) is 31.1 Å². The van der Waals surface area contributed by atoms with Crippen molar-refractivity contribution in [2.75, 3.05) is 25.0 Å². The Labute approximate surface area is 145 Å². The maximum Gasteiger partial charge on any atom is 0.185 e. The van der Waals surface area contributed by atoms with E-state index in [4.69, 9.17) is 4.74 Å². The minimum atomic E-state index is 0.297. The van der Waals surface area contributed by atoms with Crippen LogP contribution in [0.15, 0.2) is 36.7 Å². The van der Waals surface area contributed by atoms with Crippen molar-refractivity contribution in [2.45, 2.75) is 12.5 Å². The topological polar surface area (TPSA) is 87.8 Å². The molecule has 3 aromatic rings. The van der Waals surface area contributed by atoms with Crippen molar-refractivity contribution < 1.29 is 4.74 Å². The maximum atomic E-state index is 5.55. The van der Waals surface area contributed by atoms with Gasteiger partial charge in [0.15, 0.2) is 22.8 Å². The highest BCUT2D eigenvalue weighted by Gasteiger charge is 2.17. The third kappa shape index (κ3) is 3.70. The van der Waals surface area contributed by atoms with Crippen LogP contribution in [0.5, 0.6) is 5.75 Å². The zero-order valence-electron chi connectivity index (χ0n) is 13.6. The molecule has 1 aromatic carbocycles. The Hall–Kier alpha value is -3.11. The average molecular weight is 334 g/mol. The number of H-pyrrole nitrogens is 1. The molecule has 3 N–H and O–H groups in total. The summed E-state index contributed by atoms with van der Waals surface area (Å²) in [6.45, 7) is 2.25. The van der Waals surface area contributed by atoms with Gasteiger partial charge >= 0.3 is 0 Å². The number of aromatic amines is 1. The van der Waals surface area contributed by atoms with Crippen molar-refractivity contribution >= 4 is 17.0 Å². The van der Waals surface area contributed by atoms with Gasteiger partial charge in [-0.25, -0.2) is 15.0 Å². The highest BCUT2D eigenvalue weighted by molar-refractivity contribution is 5.83. The first-order chi connectivity index (χ1) is 12.4. The van der Waals surface area contributed by atoms with Gasteiger partial charge in [-0.2, -0.15) is 0 Å². The van der Waals surface area contributed by atoms with E-state index in [1.165, 1.54) is 6.33 Å². The Morgan fingerprint density at radius 1 is 1.24 bits per heavy atom. The molecule has 0 saturated carbocycles. The summed E-state index contributed by atoms with van der Waals surface area (Å²) < 4.78 is 5.55. The number of ether oxygens (including phenoxy) is 1. The molecule has 7 heteroatoms. The quantitative estimate of drug-likeness (QED) is 0.628. The van der Waals surface area contributed by atoms with E-state index in [2.05, 4.69) is 42.4 Å². The highest BCUT2D eigenvalue weighted by atomic mass is 16.5. The van der Waals surface area contributed by atoms with Crippen molar-refractivity contribution in [2.24, 2.45) is 0 Å². The molecule has 1 saturated heterocycles. The van der Waals surface area contributed by atoms with Crippen LogP contribution in [-0.4, -0.2) is 45.7 Å². The predicted octanol–water partition coefficient (Wildman–Crippen LogP) is 1.56. The second-order valence-corrected chi connectivity index (χ2v) is 5.74. The van der Waals surface area contributed by atoms with Gasteiger partial charge in [0, 0.05) is 12.6 Å². The van der Waals surface area contributed by atoms with E-state index in [1.807, 2.05) is 30.3 Å². The number of hydrogen-bond acceptors (Lipinski definition) is 6. The van der Waals surface area contributed by atoms with E-state index >= 15 is 0 Å². The first-order valence-corrected chi connectivity index (χ1v) is 8.23. The molecule has 0 unspecified atom stereocenters. The van der Waals surface area contributed by atoms with Gasteiger partial charge in [0.1, 0.15) is 18.7 Å². The number of aromatic nitrogens is 4. The van der Waals surface area contributed by atoms with Crippen LogP contribution in [0.25, 0.3) is 11.2 Å². The molecular weight excluding hydrogens is 316 g/mol. The molecule has 1 aliphatic rings. The van der Waals surface area contributed by atoms with Crippen molar-refractivity contribution in [3.63, 3.8) is 0 Å². The molecule has 7 nitrogen and oxygen atoms in total. The molecule has 0 radical (unpaired) electrons. The molecule has 1 aliphatic heterocycles. The number of imidazole rings is 1. The number of nitrogens with zero attached hydrogens (tertiary/aromatic N) is 3. The van der Waals surface area contributed by atoms with Crippen LogP contribution in [0, 0.1) is 11.8 Å². The normalized spacial score (nSPS) is 16.4. The lowest BCUT2D eigenvalue weighted by Crippen LogP contribution is -2.22. The Morgan fingerprint density at radius 3 is 3.00 bits per heavy atom.